The molecule has 4 heteroatoms. The molecule has 0 saturated heterocycles. The summed E-state index contributed by atoms with van der Waals surface area (Å²) in [6, 6.07) is 11.6. The van der Waals surface area contributed by atoms with Crippen LogP contribution in [0.1, 0.15) is 35.8 Å². The normalized spacial score (nSPS) is 11.7. The first-order valence-electron chi connectivity index (χ1n) is 6.75. The molecule has 2 N–H and O–H groups in total. The van der Waals surface area contributed by atoms with Gasteiger partial charge in [-0.05, 0) is 49.7 Å². The number of hydrogen-bond donors (Lipinski definition) is 2. The SMILES string of the molecule is CCNC(=O)c1cccc(NC(C)c2ccncc2)c1. The summed E-state index contributed by atoms with van der Waals surface area (Å²) in [7, 11) is 0. The number of amides is 1. The minimum atomic E-state index is -0.0484. The van der Waals surface area contributed by atoms with Gasteiger partial charge in [0, 0.05) is 36.2 Å². The molecule has 0 bridgehead atoms. The van der Waals surface area contributed by atoms with E-state index in [4.69, 9.17) is 0 Å². The first-order chi connectivity index (χ1) is 9.70. The van der Waals surface area contributed by atoms with Crippen LogP contribution in [0.3, 0.4) is 0 Å². The van der Waals surface area contributed by atoms with Gasteiger partial charge >= 0.3 is 0 Å². The molecule has 1 aromatic heterocycles. The minimum absolute atomic E-state index is 0.0484. The Hall–Kier alpha value is -2.36. The number of carbonyl (C=O) groups excluding carboxylic acids is 1. The van der Waals surface area contributed by atoms with Crippen LogP contribution in [0.2, 0.25) is 0 Å². The molecule has 2 aromatic rings. The van der Waals surface area contributed by atoms with Crippen LogP contribution in [0, 0.1) is 0 Å². The molecule has 2 rings (SSSR count). The van der Waals surface area contributed by atoms with Crippen molar-refractivity contribution in [2.75, 3.05) is 11.9 Å². The Morgan fingerprint density at radius 2 is 2.00 bits per heavy atom. The fourth-order valence-electron chi connectivity index (χ4n) is 2.00. The number of carbonyl (C=O) groups is 1. The summed E-state index contributed by atoms with van der Waals surface area (Å²) < 4.78 is 0. The van der Waals surface area contributed by atoms with Gasteiger partial charge in [0.2, 0.25) is 0 Å². The van der Waals surface area contributed by atoms with E-state index in [0.717, 1.165) is 11.3 Å². The fourth-order valence-corrected chi connectivity index (χ4v) is 2.00. The molecule has 1 atom stereocenters. The van der Waals surface area contributed by atoms with Crippen molar-refractivity contribution in [3.8, 4) is 0 Å². The van der Waals surface area contributed by atoms with Crippen molar-refractivity contribution in [2.45, 2.75) is 19.9 Å². The first-order valence-corrected chi connectivity index (χ1v) is 6.75. The molecule has 0 fully saturated rings. The molecule has 1 amide bonds. The number of nitrogens with zero attached hydrogens (tertiary/aromatic N) is 1. The molecular formula is C16H19N3O. The average molecular weight is 269 g/mol. The number of aromatic nitrogens is 1. The van der Waals surface area contributed by atoms with Crippen molar-refractivity contribution < 1.29 is 4.79 Å². The lowest BCUT2D eigenvalue weighted by Gasteiger charge is -2.16. The maximum Gasteiger partial charge on any atom is 0.251 e. The smallest absolute Gasteiger partial charge is 0.251 e. The van der Waals surface area contributed by atoms with Crippen molar-refractivity contribution >= 4 is 11.6 Å². The zero-order valence-corrected chi connectivity index (χ0v) is 11.8. The first kappa shape index (κ1) is 14.1. The summed E-state index contributed by atoms with van der Waals surface area (Å²) in [5, 5.41) is 6.19. The van der Waals surface area contributed by atoms with Crippen LogP contribution >= 0.6 is 0 Å². The van der Waals surface area contributed by atoms with Gasteiger partial charge in [0.15, 0.2) is 0 Å². The summed E-state index contributed by atoms with van der Waals surface area (Å²) in [5.74, 6) is -0.0484. The Labute approximate surface area is 119 Å². The predicted octanol–water partition coefficient (Wildman–Crippen LogP) is 3.00. The number of anilines is 1. The molecule has 0 saturated carbocycles. The van der Waals surface area contributed by atoms with Gasteiger partial charge in [-0.2, -0.15) is 0 Å². The minimum Gasteiger partial charge on any atom is -0.378 e. The van der Waals surface area contributed by atoms with Gasteiger partial charge in [-0.15, -0.1) is 0 Å². The van der Waals surface area contributed by atoms with Gasteiger partial charge in [-0.3, -0.25) is 9.78 Å². The quantitative estimate of drug-likeness (QED) is 0.877. The standard InChI is InChI=1S/C16H19N3O/c1-3-18-16(20)14-5-4-6-15(11-14)19-12(2)13-7-9-17-10-8-13/h4-12,19H,3H2,1-2H3,(H,18,20). The molecule has 4 nitrogen and oxygen atoms in total. The highest BCUT2D eigenvalue weighted by Crippen LogP contribution is 2.19. The van der Waals surface area contributed by atoms with E-state index >= 15 is 0 Å². The van der Waals surface area contributed by atoms with Gasteiger partial charge in [-0.25, -0.2) is 0 Å². The van der Waals surface area contributed by atoms with Crippen molar-refractivity contribution in [2.24, 2.45) is 0 Å². The molecule has 20 heavy (non-hydrogen) atoms. The van der Waals surface area contributed by atoms with Crippen molar-refractivity contribution in [1.82, 2.24) is 10.3 Å². The molecule has 0 radical (unpaired) electrons. The van der Waals surface area contributed by atoms with E-state index in [0.29, 0.717) is 12.1 Å². The summed E-state index contributed by atoms with van der Waals surface area (Å²) in [6.07, 6.45) is 3.55. The van der Waals surface area contributed by atoms with Crippen molar-refractivity contribution in [1.29, 1.82) is 0 Å². The zero-order chi connectivity index (χ0) is 14.4. The van der Waals surface area contributed by atoms with E-state index in [1.54, 1.807) is 12.4 Å². The van der Waals surface area contributed by atoms with E-state index in [9.17, 15) is 4.79 Å². The van der Waals surface area contributed by atoms with Crippen LogP contribution in [0.15, 0.2) is 48.8 Å². The Morgan fingerprint density at radius 3 is 2.70 bits per heavy atom. The topological polar surface area (TPSA) is 54.0 Å². The van der Waals surface area contributed by atoms with Gasteiger partial charge in [0.05, 0.1) is 0 Å². The lowest BCUT2D eigenvalue weighted by Crippen LogP contribution is -2.22. The number of hydrogen-bond acceptors (Lipinski definition) is 3. The monoisotopic (exact) mass is 269 g/mol. The third-order valence-electron chi connectivity index (χ3n) is 3.05. The van der Waals surface area contributed by atoms with E-state index in [1.165, 1.54) is 0 Å². The van der Waals surface area contributed by atoms with E-state index in [2.05, 4.69) is 22.5 Å². The largest absolute Gasteiger partial charge is 0.378 e. The zero-order valence-electron chi connectivity index (χ0n) is 11.8. The van der Waals surface area contributed by atoms with E-state index in [-0.39, 0.29) is 11.9 Å². The highest BCUT2D eigenvalue weighted by Gasteiger charge is 2.07. The Kier molecular flexibility index (Phi) is 4.71. The maximum absolute atomic E-state index is 11.8. The fraction of sp³-hybridized carbons (Fsp3) is 0.250. The van der Waals surface area contributed by atoms with Gasteiger partial charge in [0.25, 0.3) is 5.91 Å². The number of pyridine rings is 1. The molecule has 1 aromatic carbocycles. The van der Waals surface area contributed by atoms with E-state index < -0.39 is 0 Å². The predicted molar refractivity (Wildman–Crippen MR) is 80.7 cm³/mol. The van der Waals surface area contributed by atoms with Gasteiger partial charge < -0.3 is 10.6 Å². The Bertz CT molecular complexity index is 569. The molecule has 1 unspecified atom stereocenters. The van der Waals surface area contributed by atoms with Crippen LogP contribution in [0.4, 0.5) is 5.69 Å². The maximum atomic E-state index is 11.8. The highest BCUT2D eigenvalue weighted by atomic mass is 16.1. The third kappa shape index (κ3) is 3.57. The summed E-state index contributed by atoms with van der Waals surface area (Å²) in [6.45, 7) is 4.61. The van der Waals surface area contributed by atoms with Crippen LogP contribution in [0.5, 0.6) is 0 Å². The van der Waals surface area contributed by atoms with Crippen molar-refractivity contribution in [3.05, 3.63) is 59.9 Å². The molecule has 0 spiro atoms. The van der Waals surface area contributed by atoms with Crippen LogP contribution in [-0.4, -0.2) is 17.4 Å². The molecule has 0 aliphatic heterocycles. The lowest BCUT2D eigenvalue weighted by molar-refractivity contribution is 0.0956. The van der Waals surface area contributed by atoms with Crippen LogP contribution < -0.4 is 10.6 Å². The highest BCUT2D eigenvalue weighted by molar-refractivity contribution is 5.95. The Balaban J connectivity index is 2.10. The average Bonchev–Trinajstić information content (AvgIpc) is 2.48. The molecule has 0 aliphatic rings. The summed E-state index contributed by atoms with van der Waals surface area (Å²) >= 11 is 0. The Morgan fingerprint density at radius 1 is 1.25 bits per heavy atom. The van der Waals surface area contributed by atoms with Crippen LogP contribution in [0.25, 0.3) is 0 Å². The second kappa shape index (κ2) is 6.70. The second-order valence-corrected chi connectivity index (χ2v) is 4.59. The summed E-state index contributed by atoms with van der Waals surface area (Å²) in [4.78, 5) is 15.8. The lowest BCUT2D eigenvalue weighted by atomic mass is 10.1. The molecule has 0 aliphatic carbocycles. The van der Waals surface area contributed by atoms with Crippen molar-refractivity contribution in [3.63, 3.8) is 0 Å². The second-order valence-electron chi connectivity index (χ2n) is 4.59. The van der Waals surface area contributed by atoms with Crippen LogP contribution in [-0.2, 0) is 0 Å². The molecule has 1 heterocycles. The van der Waals surface area contributed by atoms with Gasteiger partial charge in [-0.1, -0.05) is 6.07 Å². The third-order valence-corrected chi connectivity index (χ3v) is 3.05. The van der Waals surface area contributed by atoms with Gasteiger partial charge in [0.1, 0.15) is 0 Å². The summed E-state index contributed by atoms with van der Waals surface area (Å²) in [5.41, 5.74) is 2.75. The number of benzene rings is 1. The number of nitrogens with one attached hydrogen (secondary N) is 2. The van der Waals surface area contributed by atoms with E-state index in [1.807, 2.05) is 43.3 Å². The number of rotatable bonds is 5. The molecular weight excluding hydrogens is 250 g/mol. The molecule has 104 valence electrons.